The zero-order chi connectivity index (χ0) is 37.1. The molecule has 1 nitrogen and oxygen atoms in total. The van der Waals surface area contributed by atoms with E-state index in [1.54, 1.807) is 0 Å². The van der Waals surface area contributed by atoms with Gasteiger partial charge in [0, 0.05) is 16.2 Å². The average molecular weight is 713 g/mol. The van der Waals surface area contributed by atoms with Crippen molar-refractivity contribution in [3.8, 4) is 44.5 Å². The van der Waals surface area contributed by atoms with E-state index in [0.29, 0.717) is 0 Å². The lowest BCUT2D eigenvalue weighted by atomic mass is 9.81. The quantitative estimate of drug-likeness (QED) is 0.166. The molecule has 0 saturated heterocycles. The lowest BCUT2D eigenvalue weighted by Crippen LogP contribution is -2.14. The second-order valence-electron chi connectivity index (χ2n) is 16.0. The molecule has 0 aliphatic heterocycles. The van der Waals surface area contributed by atoms with Gasteiger partial charge in [-0.2, -0.15) is 0 Å². The van der Waals surface area contributed by atoms with Crippen molar-refractivity contribution in [2.75, 3.05) is 0 Å². The van der Waals surface area contributed by atoms with Crippen LogP contribution >= 0.6 is 0 Å². The Labute approximate surface area is 325 Å². The molecule has 0 bridgehead atoms. The topological polar surface area (TPSA) is 13.1 Å². The van der Waals surface area contributed by atoms with E-state index in [1.165, 1.54) is 109 Å². The van der Waals surface area contributed by atoms with E-state index in [9.17, 15) is 0 Å². The summed E-state index contributed by atoms with van der Waals surface area (Å²) in [5.41, 5.74) is 14.6. The van der Waals surface area contributed by atoms with E-state index in [4.69, 9.17) is 4.42 Å². The molecule has 1 aliphatic carbocycles. The van der Waals surface area contributed by atoms with Gasteiger partial charge in [0.15, 0.2) is 0 Å². The first-order chi connectivity index (χ1) is 27.5. The molecule has 262 valence electrons. The lowest BCUT2D eigenvalue weighted by Gasteiger charge is -2.22. The average Bonchev–Trinajstić information content (AvgIpc) is 3.73. The summed E-state index contributed by atoms with van der Waals surface area (Å²) in [5.74, 6) is 0. The fraction of sp³-hybridized carbons (Fsp3) is 0.0545. The van der Waals surface area contributed by atoms with Gasteiger partial charge in [-0.3, -0.25) is 0 Å². The number of benzene rings is 10. The summed E-state index contributed by atoms with van der Waals surface area (Å²) in [6.07, 6.45) is 0. The number of hydrogen-bond acceptors (Lipinski definition) is 1. The Morgan fingerprint density at radius 1 is 0.339 bits per heavy atom. The smallest absolute Gasteiger partial charge is 0.136 e. The number of fused-ring (bicyclic) bond motifs is 11. The maximum absolute atomic E-state index is 6.30. The van der Waals surface area contributed by atoms with Gasteiger partial charge in [-0.25, -0.2) is 0 Å². The molecular weight excluding hydrogens is 677 g/mol. The van der Waals surface area contributed by atoms with Crippen LogP contribution in [0.25, 0.3) is 110 Å². The van der Waals surface area contributed by atoms with Gasteiger partial charge in [-0.05, 0) is 135 Å². The van der Waals surface area contributed by atoms with E-state index in [1.807, 2.05) is 6.07 Å². The van der Waals surface area contributed by atoms with Crippen molar-refractivity contribution in [3.63, 3.8) is 0 Å². The molecule has 1 aliphatic rings. The van der Waals surface area contributed by atoms with Crippen molar-refractivity contribution in [1.82, 2.24) is 0 Å². The third-order valence-electron chi connectivity index (χ3n) is 12.6. The summed E-state index contributed by atoms with van der Waals surface area (Å²) in [7, 11) is 0. The minimum atomic E-state index is -0.101. The van der Waals surface area contributed by atoms with Crippen LogP contribution in [0.1, 0.15) is 25.0 Å². The van der Waals surface area contributed by atoms with Crippen molar-refractivity contribution in [2.45, 2.75) is 19.3 Å². The monoisotopic (exact) mass is 712 g/mol. The van der Waals surface area contributed by atoms with Gasteiger partial charge in [-0.15, -0.1) is 0 Å². The zero-order valence-electron chi connectivity index (χ0n) is 31.2. The van der Waals surface area contributed by atoms with Gasteiger partial charge in [-0.1, -0.05) is 159 Å². The van der Waals surface area contributed by atoms with Gasteiger partial charge in [0.05, 0.1) is 0 Å². The Morgan fingerprint density at radius 2 is 0.893 bits per heavy atom. The summed E-state index contributed by atoms with van der Waals surface area (Å²) >= 11 is 0. The predicted molar refractivity (Wildman–Crippen MR) is 238 cm³/mol. The van der Waals surface area contributed by atoms with Crippen LogP contribution in [0.15, 0.2) is 186 Å². The zero-order valence-corrected chi connectivity index (χ0v) is 31.2. The first-order valence-electron chi connectivity index (χ1n) is 19.6. The van der Waals surface area contributed by atoms with E-state index in [-0.39, 0.29) is 5.41 Å². The molecule has 12 rings (SSSR count). The molecule has 1 aromatic heterocycles. The van der Waals surface area contributed by atoms with Crippen LogP contribution in [0, 0.1) is 0 Å². The lowest BCUT2D eigenvalue weighted by molar-refractivity contribution is 0.661. The number of hydrogen-bond donors (Lipinski definition) is 0. The van der Waals surface area contributed by atoms with Crippen molar-refractivity contribution in [2.24, 2.45) is 0 Å². The van der Waals surface area contributed by atoms with E-state index >= 15 is 0 Å². The first kappa shape index (κ1) is 31.4. The first-order valence-corrected chi connectivity index (χ1v) is 19.6. The van der Waals surface area contributed by atoms with Gasteiger partial charge in [0.25, 0.3) is 0 Å². The Balaban J connectivity index is 0.994. The summed E-state index contributed by atoms with van der Waals surface area (Å²) in [6.45, 7) is 4.73. The van der Waals surface area contributed by atoms with Crippen molar-refractivity contribution >= 4 is 65.0 Å². The SMILES string of the molecule is CC1(C)c2ccc(-c3ccc(-c4c5ccccc5c(-c5ccc6ccccc6c5)c5ccccc45)cc3)cc2-c2cc3c(ccc4oc5ccccc5c43)cc21. The van der Waals surface area contributed by atoms with Crippen LogP contribution in [-0.4, -0.2) is 0 Å². The molecule has 0 amide bonds. The normalized spacial score (nSPS) is 13.3. The third-order valence-corrected chi connectivity index (χ3v) is 12.6. The molecular formula is C55H36O. The Morgan fingerprint density at radius 3 is 1.62 bits per heavy atom. The molecule has 0 radical (unpaired) electrons. The minimum absolute atomic E-state index is 0.101. The fourth-order valence-corrected chi connectivity index (χ4v) is 9.90. The second-order valence-corrected chi connectivity index (χ2v) is 16.0. The highest BCUT2D eigenvalue weighted by molar-refractivity contribution is 6.22. The van der Waals surface area contributed by atoms with Gasteiger partial charge < -0.3 is 4.42 Å². The largest absolute Gasteiger partial charge is 0.456 e. The highest BCUT2D eigenvalue weighted by atomic mass is 16.3. The second kappa shape index (κ2) is 11.5. The van der Waals surface area contributed by atoms with E-state index in [0.717, 1.165) is 11.2 Å². The molecule has 0 unspecified atom stereocenters. The highest BCUT2D eigenvalue weighted by Gasteiger charge is 2.36. The molecule has 0 spiro atoms. The molecule has 10 aromatic carbocycles. The summed E-state index contributed by atoms with van der Waals surface area (Å²) in [4.78, 5) is 0. The highest BCUT2D eigenvalue weighted by Crippen LogP contribution is 2.52. The van der Waals surface area contributed by atoms with Gasteiger partial charge >= 0.3 is 0 Å². The van der Waals surface area contributed by atoms with E-state index < -0.39 is 0 Å². The summed E-state index contributed by atoms with van der Waals surface area (Å²) in [5, 5.41) is 12.5. The molecule has 11 aromatic rings. The minimum Gasteiger partial charge on any atom is -0.456 e. The summed E-state index contributed by atoms with van der Waals surface area (Å²) < 4.78 is 6.30. The molecule has 0 atom stereocenters. The number of furan rings is 1. The van der Waals surface area contributed by atoms with Crippen LogP contribution < -0.4 is 0 Å². The molecule has 56 heavy (non-hydrogen) atoms. The van der Waals surface area contributed by atoms with Crippen molar-refractivity contribution in [1.29, 1.82) is 0 Å². The fourth-order valence-electron chi connectivity index (χ4n) is 9.90. The van der Waals surface area contributed by atoms with Gasteiger partial charge in [0.1, 0.15) is 11.2 Å². The Bertz CT molecular complexity index is 3370. The molecule has 0 fully saturated rings. The molecule has 1 heteroatoms. The van der Waals surface area contributed by atoms with Crippen LogP contribution in [0.3, 0.4) is 0 Å². The van der Waals surface area contributed by atoms with Crippen molar-refractivity contribution < 1.29 is 4.42 Å². The van der Waals surface area contributed by atoms with Crippen molar-refractivity contribution in [3.05, 3.63) is 193 Å². The van der Waals surface area contributed by atoms with Crippen LogP contribution in [0.4, 0.5) is 0 Å². The van der Waals surface area contributed by atoms with Crippen LogP contribution in [0.2, 0.25) is 0 Å². The molecule has 1 heterocycles. The van der Waals surface area contributed by atoms with Crippen LogP contribution in [-0.2, 0) is 5.41 Å². The maximum Gasteiger partial charge on any atom is 0.136 e. The molecule has 0 N–H and O–H groups in total. The number of rotatable bonds is 3. The maximum atomic E-state index is 6.30. The van der Waals surface area contributed by atoms with Crippen LogP contribution in [0.5, 0.6) is 0 Å². The molecule has 0 saturated carbocycles. The predicted octanol–water partition coefficient (Wildman–Crippen LogP) is 15.5. The summed E-state index contributed by atoms with van der Waals surface area (Å²) in [6, 6.07) is 67.3. The van der Waals surface area contributed by atoms with E-state index in [2.05, 4.69) is 190 Å². The van der Waals surface area contributed by atoms with Gasteiger partial charge in [0.2, 0.25) is 0 Å². The standard InChI is InChI=1S/C55H36O/c1-55(2)48-27-25-37(30-46(48)47-32-45-38(31-49(47)55)26-28-51-54(45)44-17-9-10-18-50(44)56-51)34-19-22-35(23-20-34)52-40-13-5-7-15-42(40)53(43-16-8-6-14-41(43)52)39-24-21-33-11-3-4-12-36(33)29-39/h3-32H,1-2H3. The number of para-hydroxylation sites is 1. The Hall–Kier alpha value is -6.96. The third kappa shape index (κ3) is 4.43. The Kier molecular flexibility index (Phi) is 6.46.